The Morgan fingerprint density at radius 1 is 1.27 bits per heavy atom. The molecule has 120 valence electrons. The van der Waals surface area contributed by atoms with Crippen molar-refractivity contribution in [2.75, 3.05) is 20.1 Å². The Morgan fingerprint density at radius 2 is 1.91 bits per heavy atom. The van der Waals surface area contributed by atoms with Crippen molar-refractivity contribution in [3.63, 3.8) is 0 Å². The van der Waals surface area contributed by atoms with Gasteiger partial charge in [-0.3, -0.25) is 9.59 Å². The van der Waals surface area contributed by atoms with Crippen LogP contribution in [0.2, 0.25) is 0 Å². The number of hydrogen-bond donors (Lipinski definition) is 2. The summed E-state index contributed by atoms with van der Waals surface area (Å²) in [6.07, 6.45) is 1.21. The van der Waals surface area contributed by atoms with Crippen LogP contribution in [0.25, 0.3) is 0 Å². The van der Waals surface area contributed by atoms with E-state index in [0.29, 0.717) is 24.9 Å². The van der Waals surface area contributed by atoms with Gasteiger partial charge in [-0.2, -0.15) is 4.31 Å². The van der Waals surface area contributed by atoms with Gasteiger partial charge in [0.1, 0.15) is 0 Å². The fourth-order valence-corrected chi connectivity index (χ4v) is 3.99. The van der Waals surface area contributed by atoms with Gasteiger partial charge in [0.05, 0.1) is 10.8 Å². The minimum atomic E-state index is -3.68. The van der Waals surface area contributed by atoms with Crippen molar-refractivity contribution in [2.24, 2.45) is 11.7 Å². The molecule has 3 N–H and O–H groups in total. The van der Waals surface area contributed by atoms with E-state index in [-0.39, 0.29) is 17.3 Å². The number of piperidine rings is 1. The zero-order valence-corrected chi connectivity index (χ0v) is 13.1. The quantitative estimate of drug-likeness (QED) is 0.807. The number of amides is 2. The second kappa shape index (κ2) is 6.45. The predicted octanol–water partition coefficient (Wildman–Crippen LogP) is -0.0678. The van der Waals surface area contributed by atoms with E-state index in [2.05, 4.69) is 5.32 Å². The number of sulfonamides is 1. The molecule has 1 fully saturated rings. The first-order valence-electron chi connectivity index (χ1n) is 6.98. The van der Waals surface area contributed by atoms with Gasteiger partial charge in [0.15, 0.2) is 0 Å². The molecule has 1 heterocycles. The van der Waals surface area contributed by atoms with Crippen LogP contribution in [0.3, 0.4) is 0 Å². The molecule has 0 aliphatic carbocycles. The summed E-state index contributed by atoms with van der Waals surface area (Å²) in [6.45, 7) is 0.470. The molecule has 1 aromatic carbocycles. The fraction of sp³-hybridized carbons (Fsp3) is 0.429. The molecule has 0 unspecified atom stereocenters. The number of benzene rings is 1. The van der Waals surface area contributed by atoms with E-state index in [9.17, 15) is 18.0 Å². The van der Waals surface area contributed by atoms with Crippen LogP contribution in [0.15, 0.2) is 29.2 Å². The van der Waals surface area contributed by atoms with Crippen LogP contribution in [-0.2, 0) is 14.8 Å². The molecule has 0 bridgehead atoms. The number of carbonyl (C=O) groups is 2. The molecule has 0 spiro atoms. The van der Waals surface area contributed by atoms with Crippen LogP contribution in [-0.4, -0.2) is 44.7 Å². The zero-order valence-electron chi connectivity index (χ0n) is 12.3. The Hall–Kier alpha value is -1.93. The third-order valence-electron chi connectivity index (χ3n) is 3.77. The maximum atomic E-state index is 12.6. The summed E-state index contributed by atoms with van der Waals surface area (Å²) < 4.78 is 26.4. The zero-order chi connectivity index (χ0) is 16.3. The van der Waals surface area contributed by atoms with E-state index >= 15 is 0 Å². The number of nitrogens with one attached hydrogen (secondary N) is 1. The Morgan fingerprint density at radius 3 is 2.45 bits per heavy atom. The van der Waals surface area contributed by atoms with Gasteiger partial charge < -0.3 is 11.1 Å². The van der Waals surface area contributed by atoms with E-state index in [1.54, 1.807) is 0 Å². The van der Waals surface area contributed by atoms with Crippen molar-refractivity contribution < 1.29 is 18.0 Å². The predicted molar refractivity (Wildman–Crippen MR) is 80.5 cm³/mol. The molecule has 8 heteroatoms. The van der Waals surface area contributed by atoms with E-state index in [4.69, 9.17) is 5.73 Å². The SMILES string of the molecule is CNC(=O)c1ccc(S(=O)(=O)N2CCC[C@@H](C(N)=O)C2)cc1. The van der Waals surface area contributed by atoms with Crippen LogP contribution < -0.4 is 11.1 Å². The Kier molecular flexibility index (Phi) is 4.82. The van der Waals surface area contributed by atoms with Gasteiger partial charge in [0.25, 0.3) is 5.91 Å². The molecule has 0 radical (unpaired) electrons. The third kappa shape index (κ3) is 3.28. The fourth-order valence-electron chi connectivity index (χ4n) is 2.46. The largest absolute Gasteiger partial charge is 0.369 e. The van der Waals surface area contributed by atoms with Crippen LogP contribution in [0.4, 0.5) is 0 Å². The summed E-state index contributed by atoms with van der Waals surface area (Å²) in [4.78, 5) is 22.8. The highest BCUT2D eigenvalue weighted by atomic mass is 32.2. The number of carbonyl (C=O) groups excluding carboxylic acids is 2. The van der Waals surface area contributed by atoms with Crippen LogP contribution in [0.5, 0.6) is 0 Å². The van der Waals surface area contributed by atoms with Crippen LogP contribution in [0, 0.1) is 5.92 Å². The number of primary amides is 1. The Bertz CT molecular complexity index is 670. The first kappa shape index (κ1) is 16.4. The molecule has 22 heavy (non-hydrogen) atoms. The Labute approximate surface area is 129 Å². The molecule has 1 aliphatic heterocycles. The van der Waals surface area contributed by atoms with Crippen molar-refractivity contribution >= 4 is 21.8 Å². The van der Waals surface area contributed by atoms with Crippen molar-refractivity contribution in [1.29, 1.82) is 0 Å². The van der Waals surface area contributed by atoms with Gasteiger partial charge in [-0.05, 0) is 37.1 Å². The third-order valence-corrected chi connectivity index (χ3v) is 5.65. The molecule has 1 atom stereocenters. The molecule has 0 saturated carbocycles. The second-order valence-electron chi connectivity index (χ2n) is 5.21. The molecule has 1 aromatic rings. The van der Waals surface area contributed by atoms with Crippen LogP contribution >= 0.6 is 0 Å². The number of rotatable bonds is 4. The van der Waals surface area contributed by atoms with Crippen molar-refractivity contribution in [3.8, 4) is 0 Å². The lowest BCUT2D eigenvalue weighted by atomic mass is 9.99. The molecule has 7 nitrogen and oxygen atoms in total. The average molecular weight is 325 g/mol. The number of nitrogens with zero attached hydrogens (tertiary/aromatic N) is 1. The van der Waals surface area contributed by atoms with Gasteiger partial charge in [0.2, 0.25) is 15.9 Å². The lowest BCUT2D eigenvalue weighted by molar-refractivity contribution is -0.122. The van der Waals surface area contributed by atoms with Gasteiger partial charge in [-0.25, -0.2) is 8.42 Å². The standard InChI is InChI=1S/C14H19N3O4S/c1-16-14(19)10-4-6-12(7-5-10)22(20,21)17-8-2-3-11(9-17)13(15)18/h4-7,11H,2-3,8-9H2,1H3,(H2,15,18)(H,16,19)/t11-/m1/s1. The molecule has 2 rings (SSSR count). The van der Waals surface area contributed by atoms with Gasteiger partial charge >= 0.3 is 0 Å². The normalized spacial score (nSPS) is 19.6. The summed E-state index contributed by atoms with van der Waals surface area (Å²) in [5, 5.41) is 2.47. The molecule has 1 saturated heterocycles. The first-order chi connectivity index (χ1) is 10.4. The molecule has 0 aromatic heterocycles. The van der Waals surface area contributed by atoms with E-state index in [0.717, 1.165) is 0 Å². The van der Waals surface area contributed by atoms with Crippen molar-refractivity contribution in [2.45, 2.75) is 17.7 Å². The van der Waals surface area contributed by atoms with Crippen LogP contribution in [0.1, 0.15) is 23.2 Å². The van der Waals surface area contributed by atoms with E-state index in [1.165, 1.54) is 35.6 Å². The van der Waals surface area contributed by atoms with Gasteiger partial charge in [-0.15, -0.1) is 0 Å². The highest BCUT2D eigenvalue weighted by Crippen LogP contribution is 2.23. The Balaban J connectivity index is 2.22. The van der Waals surface area contributed by atoms with Crippen molar-refractivity contribution in [1.82, 2.24) is 9.62 Å². The number of hydrogen-bond acceptors (Lipinski definition) is 4. The lowest BCUT2D eigenvalue weighted by Gasteiger charge is -2.30. The maximum Gasteiger partial charge on any atom is 0.251 e. The molecular weight excluding hydrogens is 306 g/mol. The highest BCUT2D eigenvalue weighted by Gasteiger charge is 2.32. The topological polar surface area (TPSA) is 110 Å². The van der Waals surface area contributed by atoms with Crippen molar-refractivity contribution in [3.05, 3.63) is 29.8 Å². The monoisotopic (exact) mass is 325 g/mol. The summed E-state index contributed by atoms with van der Waals surface area (Å²) in [5.74, 6) is -1.21. The van der Waals surface area contributed by atoms with E-state index in [1.807, 2.05) is 0 Å². The highest BCUT2D eigenvalue weighted by molar-refractivity contribution is 7.89. The first-order valence-corrected chi connectivity index (χ1v) is 8.42. The maximum absolute atomic E-state index is 12.6. The van der Waals surface area contributed by atoms with Gasteiger partial charge in [0, 0.05) is 25.7 Å². The average Bonchev–Trinajstić information content (AvgIpc) is 2.54. The summed E-state index contributed by atoms with van der Waals surface area (Å²) in [7, 11) is -2.18. The smallest absolute Gasteiger partial charge is 0.251 e. The lowest BCUT2D eigenvalue weighted by Crippen LogP contribution is -2.44. The second-order valence-corrected chi connectivity index (χ2v) is 7.15. The van der Waals surface area contributed by atoms with E-state index < -0.39 is 21.8 Å². The number of nitrogens with two attached hydrogens (primary N) is 1. The molecular formula is C14H19N3O4S. The molecule has 2 amide bonds. The van der Waals surface area contributed by atoms with Gasteiger partial charge in [-0.1, -0.05) is 0 Å². The summed E-state index contributed by atoms with van der Waals surface area (Å²) in [6, 6.07) is 5.71. The minimum Gasteiger partial charge on any atom is -0.369 e. The summed E-state index contributed by atoms with van der Waals surface area (Å²) in [5.41, 5.74) is 5.66. The minimum absolute atomic E-state index is 0.102. The summed E-state index contributed by atoms with van der Waals surface area (Å²) >= 11 is 0. The molecule has 1 aliphatic rings.